The summed E-state index contributed by atoms with van der Waals surface area (Å²) in [5.41, 5.74) is -0.960. The van der Waals surface area contributed by atoms with Crippen LogP contribution in [0.2, 0.25) is 0 Å². The molecule has 7 nitrogen and oxygen atoms in total. The Bertz CT molecular complexity index is 735. The van der Waals surface area contributed by atoms with Crippen LogP contribution in [-0.2, 0) is 15.1 Å². The Morgan fingerprint density at radius 1 is 1.19 bits per heavy atom. The predicted octanol–water partition coefficient (Wildman–Crippen LogP) is 2.07. The van der Waals surface area contributed by atoms with Gasteiger partial charge >= 0.3 is 12.6 Å². The lowest BCUT2D eigenvalue weighted by Crippen LogP contribution is -2.45. The van der Waals surface area contributed by atoms with Gasteiger partial charge in [-0.25, -0.2) is 4.79 Å². The third-order valence-electron chi connectivity index (χ3n) is 4.93. The third-order valence-corrected chi connectivity index (χ3v) is 4.93. The molecule has 0 saturated carbocycles. The average Bonchev–Trinajstić information content (AvgIpc) is 2.86. The molecule has 2 saturated heterocycles. The first-order chi connectivity index (χ1) is 12.8. The molecular formula is C18H21F2N3O4. The topological polar surface area (TPSA) is 79.0 Å². The maximum Gasteiger partial charge on any atom is 0.387 e. The molecule has 4 amide bonds. The first-order valence-electron chi connectivity index (χ1n) is 8.78. The SMILES string of the molecule is C[C@@]1(c2ccc(OC(F)F)cc2)NC(=O)N(CC(=O)N2CCCCC2)C1=O. The van der Waals surface area contributed by atoms with Gasteiger partial charge in [0.05, 0.1) is 0 Å². The van der Waals surface area contributed by atoms with Crippen molar-refractivity contribution in [2.24, 2.45) is 0 Å². The number of rotatable bonds is 5. The molecule has 146 valence electrons. The zero-order valence-corrected chi connectivity index (χ0v) is 14.9. The van der Waals surface area contributed by atoms with Crippen LogP contribution in [0.1, 0.15) is 31.7 Å². The van der Waals surface area contributed by atoms with Crippen LogP contribution in [0.4, 0.5) is 13.6 Å². The summed E-state index contributed by atoms with van der Waals surface area (Å²) in [4.78, 5) is 40.1. The molecule has 1 aromatic carbocycles. The van der Waals surface area contributed by atoms with Gasteiger partial charge in [-0.1, -0.05) is 12.1 Å². The van der Waals surface area contributed by atoms with Crippen LogP contribution < -0.4 is 10.1 Å². The number of alkyl halides is 2. The van der Waals surface area contributed by atoms with Gasteiger partial charge in [-0.2, -0.15) is 8.78 Å². The van der Waals surface area contributed by atoms with E-state index in [1.165, 1.54) is 31.2 Å². The van der Waals surface area contributed by atoms with E-state index in [0.29, 0.717) is 18.7 Å². The van der Waals surface area contributed by atoms with Crippen LogP contribution in [0.5, 0.6) is 5.75 Å². The Balaban J connectivity index is 1.72. The van der Waals surface area contributed by atoms with Gasteiger partial charge in [-0.15, -0.1) is 0 Å². The molecule has 9 heteroatoms. The van der Waals surface area contributed by atoms with E-state index in [4.69, 9.17) is 0 Å². The minimum Gasteiger partial charge on any atom is -0.435 e. The lowest BCUT2D eigenvalue weighted by molar-refractivity contribution is -0.139. The third kappa shape index (κ3) is 3.86. The zero-order chi connectivity index (χ0) is 19.6. The molecule has 0 unspecified atom stereocenters. The lowest BCUT2D eigenvalue weighted by atomic mass is 9.92. The normalized spacial score (nSPS) is 23.0. The second-order valence-electron chi connectivity index (χ2n) is 6.79. The van der Waals surface area contributed by atoms with E-state index in [-0.39, 0.29) is 18.2 Å². The Kier molecular flexibility index (Phi) is 5.29. The fraction of sp³-hybridized carbons (Fsp3) is 0.500. The summed E-state index contributed by atoms with van der Waals surface area (Å²) in [6.45, 7) is -0.485. The van der Waals surface area contributed by atoms with Crippen molar-refractivity contribution in [1.82, 2.24) is 15.1 Å². The van der Waals surface area contributed by atoms with E-state index in [9.17, 15) is 23.2 Å². The Morgan fingerprint density at radius 2 is 1.81 bits per heavy atom. The number of ether oxygens (including phenoxy) is 1. The molecule has 2 aliphatic heterocycles. The van der Waals surface area contributed by atoms with Crippen LogP contribution in [0.25, 0.3) is 0 Å². The van der Waals surface area contributed by atoms with Gasteiger partial charge in [-0.3, -0.25) is 14.5 Å². The Labute approximate surface area is 155 Å². The van der Waals surface area contributed by atoms with Crippen LogP contribution >= 0.6 is 0 Å². The van der Waals surface area contributed by atoms with Crippen LogP contribution in [0.15, 0.2) is 24.3 Å². The molecule has 0 spiro atoms. The standard InChI is InChI=1S/C18H21F2N3O4/c1-18(12-5-7-13(8-6-12)27-16(19)20)15(25)23(17(26)21-18)11-14(24)22-9-3-2-4-10-22/h5-8,16H,2-4,9-11H2,1H3,(H,21,26)/t18-/m0/s1. The van der Waals surface area contributed by atoms with Gasteiger partial charge < -0.3 is 15.0 Å². The number of nitrogens with zero attached hydrogens (tertiary/aromatic N) is 2. The minimum atomic E-state index is -2.95. The number of imide groups is 1. The first-order valence-corrected chi connectivity index (χ1v) is 8.78. The number of hydrogen-bond donors (Lipinski definition) is 1. The number of hydrogen-bond acceptors (Lipinski definition) is 4. The van der Waals surface area contributed by atoms with Crippen molar-refractivity contribution in [2.45, 2.75) is 38.3 Å². The van der Waals surface area contributed by atoms with E-state index in [1.807, 2.05) is 0 Å². The number of urea groups is 1. The van der Waals surface area contributed by atoms with Gasteiger partial charge in [0, 0.05) is 13.1 Å². The Morgan fingerprint density at radius 3 is 2.41 bits per heavy atom. The number of carbonyl (C=O) groups is 3. The maximum absolute atomic E-state index is 12.8. The van der Waals surface area contributed by atoms with E-state index in [2.05, 4.69) is 10.1 Å². The van der Waals surface area contributed by atoms with Gasteiger partial charge in [0.2, 0.25) is 5.91 Å². The first kappa shape index (κ1) is 19.1. The summed E-state index contributed by atoms with van der Waals surface area (Å²) in [5.74, 6) is -0.866. The fourth-order valence-electron chi connectivity index (χ4n) is 3.38. The quantitative estimate of drug-likeness (QED) is 0.792. The number of amides is 4. The van der Waals surface area contributed by atoms with Crippen molar-refractivity contribution in [3.05, 3.63) is 29.8 Å². The number of likely N-dealkylation sites (tertiary alicyclic amines) is 1. The van der Waals surface area contributed by atoms with E-state index in [1.54, 1.807) is 4.90 Å². The molecule has 1 aromatic rings. The number of nitrogens with one attached hydrogen (secondary N) is 1. The molecule has 1 N–H and O–H groups in total. The van der Waals surface area contributed by atoms with E-state index < -0.39 is 24.1 Å². The smallest absolute Gasteiger partial charge is 0.387 e. The molecule has 0 bridgehead atoms. The van der Waals surface area contributed by atoms with Gasteiger partial charge in [0.1, 0.15) is 17.8 Å². The van der Waals surface area contributed by atoms with E-state index in [0.717, 1.165) is 24.2 Å². The molecule has 3 rings (SSSR count). The molecule has 2 fully saturated rings. The molecule has 2 heterocycles. The summed E-state index contributed by atoms with van der Waals surface area (Å²) in [6, 6.07) is 4.82. The molecule has 0 aromatic heterocycles. The molecule has 0 aliphatic carbocycles. The van der Waals surface area contributed by atoms with Crippen molar-refractivity contribution in [3.63, 3.8) is 0 Å². The molecule has 2 aliphatic rings. The van der Waals surface area contributed by atoms with Gasteiger partial charge in [0.15, 0.2) is 0 Å². The fourth-order valence-corrected chi connectivity index (χ4v) is 3.38. The summed E-state index contributed by atoms with van der Waals surface area (Å²) in [7, 11) is 0. The molecule has 27 heavy (non-hydrogen) atoms. The zero-order valence-electron chi connectivity index (χ0n) is 14.9. The maximum atomic E-state index is 12.8. The predicted molar refractivity (Wildman–Crippen MR) is 91.1 cm³/mol. The number of carbonyl (C=O) groups excluding carboxylic acids is 3. The second-order valence-corrected chi connectivity index (χ2v) is 6.79. The van der Waals surface area contributed by atoms with Crippen LogP contribution in [0.3, 0.4) is 0 Å². The number of halogens is 2. The highest BCUT2D eigenvalue weighted by molar-refractivity contribution is 6.09. The largest absolute Gasteiger partial charge is 0.435 e. The number of benzene rings is 1. The molecule has 0 radical (unpaired) electrons. The highest BCUT2D eigenvalue weighted by Crippen LogP contribution is 2.30. The Hall–Kier alpha value is -2.71. The van der Waals surface area contributed by atoms with Crippen molar-refractivity contribution in [3.8, 4) is 5.75 Å². The summed E-state index contributed by atoms with van der Waals surface area (Å²) >= 11 is 0. The number of piperidine rings is 1. The second kappa shape index (κ2) is 7.50. The van der Waals surface area contributed by atoms with Gasteiger partial charge in [-0.05, 0) is 43.9 Å². The van der Waals surface area contributed by atoms with Crippen molar-refractivity contribution >= 4 is 17.8 Å². The molecular weight excluding hydrogens is 360 g/mol. The van der Waals surface area contributed by atoms with Crippen molar-refractivity contribution in [2.75, 3.05) is 19.6 Å². The summed E-state index contributed by atoms with van der Waals surface area (Å²) in [5, 5.41) is 2.59. The highest BCUT2D eigenvalue weighted by Gasteiger charge is 2.49. The average molecular weight is 381 g/mol. The summed E-state index contributed by atoms with van der Waals surface area (Å²) in [6.07, 6.45) is 2.89. The minimum absolute atomic E-state index is 0.0498. The lowest BCUT2D eigenvalue weighted by Gasteiger charge is -2.28. The molecule has 1 atom stereocenters. The van der Waals surface area contributed by atoms with Gasteiger partial charge in [0.25, 0.3) is 5.91 Å². The van der Waals surface area contributed by atoms with Crippen LogP contribution in [0, 0.1) is 0 Å². The van der Waals surface area contributed by atoms with E-state index >= 15 is 0 Å². The monoisotopic (exact) mass is 381 g/mol. The summed E-state index contributed by atoms with van der Waals surface area (Å²) < 4.78 is 28.8. The van der Waals surface area contributed by atoms with Crippen molar-refractivity contribution < 1.29 is 27.9 Å². The van der Waals surface area contributed by atoms with Crippen molar-refractivity contribution in [1.29, 1.82) is 0 Å². The van der Waals surface area contributed by atoms with Crippen LogP contribution in [-0.4, -0.2) is 53.9 Å². The highest BCUT2D eigenvalue weighted by atomic mass is 19.3.